The molecule has 6 nitrogen and oxygen atoms in total. The molecule has 2 aromatic carbocycles. The summed E-state index contributed by atoms with van der Waals surface area (Å²) < 4.78 is 5.13. The lowest BCUT2D eigenvalue weighted by Gasteiger charge is -2.15. The fourth-order valence-electron chi connectivity index (χ4n) is 2.86. The van der Waals surface area contributed by atoms with Crippen LogP contribution in [0.2, 0.25) is 0 Å². The van der Waals surface area contributed by atoms with Gasteiger partial charge in [-0.3, -0.25) is 14.5 Å². The van der Waals surface area contributed by atoms with Gasteiger partial charge in [-0.25, -0.2) is 4.99 Å². The minimum absolute atomic E-state index is 0.0910. The fourth-order valence-corrected chi connectivity index (χ4v) is 4.04. The fraction of sp³-hybridized carbons (Fsp3) is 0.318. The van der Waals surface area contributed by atoms with Crippen LogP contribution >= 0.6 is 11.8 Å². The zero-order valence-corrected chi connectivity index (χ0v) is 17.7. The second-order valence-electron chi connectivity index (χ2n) is 6.94. The number of benzene rings is 2. The molecular formula is C22H25N3O3S. The van der Waals surface area contributed by atoms with Crippen molar-refractivity contribution < 1.29 is 14.3 Å². The molecule has 0 radical (unpaired) electrons. The van der Waals surface area contributed by atoms with E-state index in [4.69, 9.17) is 4.74 Å². The van der Waals surface area contributed by atoms with E-state index < -0.39 is 5.25 Å². The van der Waals surface area contributed by atoms with Gasteiger partial charge in [0.15, 0.2) is 5.17 Å². The van der Waals surface area contributed by atoms with E-state index in [-0.39, 0.29) is 18.2 Å². The Labute approximate surface area is 175 Å². The number of amidine groups is 1. The first-order valence-corrected chi connectivity index (χ1v) is 10.3. The Bertz CT molecular complexity index is 895. The molecule has 0 unspecified atom stereocenters. The van der Waals surface area contributed by atoms with Gasteiger partial charge >= 0.3 is 0 Å². The van der Waals surface area contributed by atoms with Gasteiger partial charge in [0, 0.05) is 19.2 Å². The van der Waals surface area contributed by atoms with Crippen molar-refractivity contribution in [3.8, 4) is 0 Å². The van der Waals surface area contributed by atoms with Crippen LogP contribution in [0.5, 0.6) is 0 Å². The quantitative estimate of drug-likeness (QED) is 0.750. The molecule has 2 amide bonds. The van der Waals surface area contributed by atoms with Crippen LogP contribution in [-0.2, 0) is 14.3 Å². The first kappa shape index (κ1) is 21.1. The van der Waals surface area contributed by atoms with Crippen LogP contribution in [0.1, 0.15) is 17.5 Å². The maximum absolute atomic E-state index is 12.9. The van der Waals surface area contributed by atoms with Crippen LogP contribution in [0.4, 0.5) is 11.4 Å². The minimum atomic E-state index is -0.499. The largest absolute Gasteiger partial charge is 0.383 e. The molecule has 0 aliphatic carbocycles. The molecule has 1 heterocycles. The minimum Gasteiger partial charge on any atom is -0.383 e. The number of nitrogens with one attached hydrogen (secondary N) is 1. The second-order valence-corrected chi connectivity index (χ2v) is 8.11. The summed E-state index contributed by atoms with van der Waals surface area (Å²) in [6.45, 7) is 4.81. The lowest BCUT2D eigenvalue weighted by atomic mass is 10.2. The van der Waals surface area contributed by atoms with Crippen molar-refractivity contribution in [3.05, 3.63) is 59.7 Å². The van der Waals surface area contributed by atoms with E-state index in [0.717, 1.165) is 22.5 Å². The average molecular weight is 412 g/mol. The molecule has 1 aliphatic rings. The molecular weight excluding hydrogens is 386 g/mol. The third-order valence-electron chi connectivity index (χ3n) is 4.50. The number of carbonyl (C=O) groups is 2. The molecule has 3 rings (SSSR count). The van der Waals surface area contributed by atoms with Gasteiger partial charge in [0.1, 0.15) is 5.25 Å². The van der Waals surface area contributed by atoms with E-state index in [0.29, 0.717) is 18.3 Å². The summed E-state index contributed by atoms with van der Waals surface area (Å²) in [5, 5.41) is 2.96. The van der Waals surface area contributed by atoms with Gasteiger partial charge < -0.3 is 10.1 Å². The smallest absolute Gasteiger partial charge is 0.242 e. The van der Waals surface area contributed by atoms with Crippen LogP contribution in [0.25, 0.3) is 0 Å². The number of aliphatic imine (C=N–C) groups is 1. The predicted octanol–water partition coefficient (Wildman–Crippen LogP) is 3.91. The summed E-state index contributed by atoms with van der Waals surface area (Å²) in [5.41, 5.74) is 3.76. The SMILES string of the molecule is COCCN1C(=O)[C@@H](CC(=O)Nc2ccc(C)cc2)SC1=Nc1ccc(C)cc1. The number of carbonyl (C=O) groups excluding carboxylic acids is 2. The van der Waals surface area contributed by atoms with Crippen molar-refractivity contribution in [1.82, 2.24) is 4.90 Å². The first-order valence-electron chi connectivity index (χ1n) is 9.45. The monoisotopic (exact) mass is 411 g/mol. The maximum atomic E-state index is 12.9. The van der Waals surface area contributed by atoms with E-state index in [1.54, 1.807) is 12.0 Å². The van der Waals surface area contributed by atoms with Crippen LogP contribution in [0, 0.1) is 13.8 Å². The molecule has 0 spiro atoms. The number of methoxy groups -OCH3 is 1. The number of aryl methyl sites for hydroxylation is 2. The van der Waals surface area contributed by atoms with Gasteiger partial charge in [-0.2, -0.15) is 0 Å². The lowest BCUT2D eigenvalue weighted by Crippen LogP contribution is -2.35. The summed E-state index contributed by atoms with van der Waals surface area (Å²) >= 11 is 1.33. The van der Waals surface area contributed by atoms with E-state index in [9.17, 15) is 9.59 Å². The molecule has 1 fully saturated rings. The van der Waals surface area contributed by atoms with Crippen molar-refractivity contribution in [2.24, 2.45) is 4.99 Å². The number of nitrogens with zero attached hydrogens (tertiary/aromatic N) is 2. The Morgan fingerprint density at radius 3 is 2.34 bits per heavy atom. The summed E-state index contributed by atoms with van der Waals surface area (Å²) in [6, 6.07) is 15.4. The molecule has 1 saturated heterocycles. The summed E-state index contributed by atoms with van der Waals surface area (Å²) in [4.78, 5) is 31.6. The number of amides is 2. The zero-order valence-electron chi connectivity index (χ0n) is 16.8. The van der Waals surface area contributed by atoms with Crippen molar-refractivity contribution in [1.29, 1.82) is 0 Å². The molecule has 0 aromatic heterocycles. The van der Waals surface area contributed by atoms with Crippen molar-refractivity contribution in [2.75, 3.05) is 25.6 Å². The van der Waals surface area contributed by atoms with Crippen molar-refractivity contribution >= 4 is 40.1 Å². The molecule has 1 N–H and O–H groups in total. The summed E-state index contributed by atoms with van der Waals surface area (Å²) in [7, 11) is 1.59. The van der Waals surface area contributed by atoms with E-state index in [2.05, 4.69) is 10.3 Å². The number of rotatable bonds is 7. The normalized spacial score (nSPS) is 17.8. The number of thioether (sulfide) groups is 1. The highest BCUT2D eigenvalue weighted by Gasteiger charge is 2.39. The lowest BCUT2D eigenvalue weighted by molar-refractivity contribution is -0.128. The van der Waals surface area contributed by atoms with Crippen LogP contribution in [0.3, 0.4) is 0 Å². The van der Waals surface area contributed by atoms with E-state index >= 15 is 0 Å². The summed E-state index contributed by atoms with van der Waals surface area (Å²) in [6.07, 6.45) is 0.0910. The van der Waals surface area contributed by atoms with E-state index in [1.165, 1.54) is 11.8 Å². The Balaban J connectivity index is 1.72. The molecule has 1 atom stereocenters. The van der Waals surface area contributed by atoms with Gasteiger partial charge in [-0.1, -0.05) is 47.2 Å². The predicted molar refractivity (Wildman–Crippen MR) is 118 cm³/mol. The van der Waals surface area contributed by atoms with Gasteiger partial charge in [-0.15, -0.1) is 0 Å². The van der Waals surface area contributed by atoms with Crippen LogP contribution < -0.4 is 5.32 Å². The Morgan fingerprint density at radius 2 is 1.72 bits per heavy atom. The highest BCUT2D eigenvalue weighted by Crippen LogP contribution is 2.31. The van der Waals surface area contributed by atoms with E-state index in [1.807, 2.05) is 62.4 Å². The molecule has 7 heteroatoms. The topological polar surface area (TPSA) is 71.0 Å². The maximum Gasteiger partial charge on any atom is 0.242 e. The van der Waals surface area contributed by atoms with Gasteiger partial charge in [0.05, 0.1) is 18.8 Å². The number of anilines is 1. The Hall–Kier alpha value is -2.64. The average Bonchev–Trinajstić information content (AvgIpc) is 2.98. The van der Waals surface area contributed by atoms with Crippen molar-refractivity contribution in [2.45, 2.75) is 25.5 Å². The molecule has 152 valence electrons. The number of hydrogen-bond acceptors (Lipinski definition) is 5. The molecule has 0 bridgehead atoms. The van der Waals surface area contributed by atoms with Gasteiger partial charge in [0.25, 0.3) is 0 Å². The van der Waals surface area contributed by atoms with Crippen molar-refractivity contribution in [3.63, 3.8) is 0 Å². The molecule has 29 heavy (non-hydrogen) atoms. The number of hydrogen-bond donors (Lipinski definition) is 1. The molecule has 2 aromatic rings. The highest BCUT2D eigenvalue weighted by molar-refractivity contribution is 8.15. The Kier molecular flexibility index (Phi) is 7.06. The Morgan fingerprint density at radius 1 is 1.10 bits per heavy atom. The van der Waals surface area contributed by atoms with Crippen LogP contribution in [-0.4, -0.2) is 47.4 Å². The summed E-state index contributed by atoms with van der Waals surface area (Å²) in [5.74, 6) is -0.306. The number of ether oxygens (including phenoxy) is 1. The third kappa shape index (κ3) is 5.68. The standard InChI is InChI=1S/C22H25N3O3S/c1-15-4-8-17(9-5-15)23-20(26)14-19-21(27)25(12-13-28-3)22(29-19)24-18-10-6-16(2)7-11-18/h4-11,19H,12-14H2,1-3H3,(H,23,26)/t19-/m1/s1. The molecule has 0 saturated carbocycles. The first-order chi connectivity index (χ1) is 14.0. The third-order valence-corrected chi connectivity index (χ3v) is 5.68. The van der Waals surface area contributed by atoms with Gasteiger partial charge in [0.2, 0.25) is 11.8 Å². The zero-order chi connectivity index (χ0) is 20.8. The second kappa shape index (κ2) is 9.71. The van der Waals surface area contributed by atoms with Gasteiger partial charge in [-0.05, 0) is 38.1 Å². The highest BCUT2D eigenvalue weighted by atomic mass is 32.2. The molecule has 1 aliphatic heterocycles. The van der Waals surface area contributed by atoms with Crippen LogP contribution in [0.15, 0.2) is 53.5 Å².